The number of carboxylic acid groups (broad SMARTS) is 1. The van der Waals surface area contributed by atoms with E-state index in [1.807, 2.05) is 13.0 Å². The number of carbonyl (C=O) groups is 1. The summed E-state index contributed by atoms with van der Waals surface area (Å²) in [5, 5.41) is 8.99. The van der Waals surface area contributed by atoms with E-state index in [0.717, 1.165) is 11.1 Å². The third kappa shape index (κ3) is 3.16. The molecule has 2 heterocycles. The standard InChI is InChI=1S/C15H17N3O3/c1-9-7-16-5-4-12(9)8-18-11(3)13(6-14(19)20)10(2)17-15(18)21/h4-5,7H,6,8H2,1-3H3,(H,19,20). The van der Waals surface area contributed by atoms with Gasteiger partial charge in [-0.1, -0.05) is 0 Å². The van der Waals surface area contributed by atoms with Crippen molar-refractivity contribution in [1.82, 2.24) is 14.5 Å². The summed E-state index contributed by atoms with van der Waals surface area (Å²) < 4.78 is 1.51. The van der Waals surface area contributed by atoms with Crippen molar-refractivity contribution in [3.05, 3.63) is 57.0 Å². The first kappa shape index (κ1) is 14.9. The van der Waals surface area contributed by atoms with Crippen molar-refractivity contribution < 1.29 is 9.90 Å². The summed E-state index contributed by atoms with van der Waals surface area (Å²) in [6.07, 6.45) is 3.26. The molecule has 0 unspecified atom stereocenters. The maximum Gasteiger partial charge on any atom is 0.348 e. The summed E-state index contributed by atoms with van der Waals surface area (Å²) in [4.78, 5) is 31.0. The second-order valence-corrected chi connectivity index (χ2v) is 5.00. The van der Waals surface area contributed by atoms with E-state index in [1.165, 1.54) is 4.57 Å². The Bertz CT molecular complexity index is 750. The molecule has 1 N–H and O–H groups in total. The number of aliphatic carboxylic acids is 1. The third-order valence-electron chi connectivity index (χ3n) is 3.57. The average molecular weight is 287 g/mol. The lowest BCUT2D eigenvalue weighted by molar-refractivity contribution is -0.136. The smallest absolute Gasteiger partial charge is 0.348 e. The predicted octanol–water partition coefficient (Wildman–Crippen LogP) is 1.24. The van der Waals surface area contributed by atoms with Gasteiger partial charge in [0.2, 0.25) is 0 Å². The van der Waals surface area contributed by atoms with E-state index >= 15 is 0 Å². The number of rotatable bonds is 4. The minimum atomic E-state index is -0.937. The molecule has 6 heteroatoms. The molecule has 0 radical (unpaired) electrons. The molecule has 0 amide bonds. The van der Waals surface area contributed by atoms with Crippen LogP contribution in [0.2, 0.25) is 0 Å². The fourth-order valence-corrected chi connectivity index (χ4v) is 2.28. The van der Waals surface area contributed by atoms with Gasteiger partial charge in [-0.3, -0.25) is 14.3 Å². The SMILES string of the molecule is Cc1cnccc1Cn1c(C)c(CC(=O)O)c(C)nc1=O. The van der Waals surface area contributed by atoms with Crippen LogP contribution in [0.15, 0.2) is 23.3 Å². The summed E-state index contributed by atoms with van der Waals surface area (Å²) >= 11 is 0. The van der Waals surface area contributed by atoms with Gasteiger partial charge in [0, 0.05) is 29.3 Å². The van der Waals surface area contributed by atoms with E-state index in [1.54, 1.807) is 26.2 Å². The highest BCUT2D eigenvalue weighted by Crippen LogP contribution is 2.13. The average Bonchev–Trinajstić information content (AvgIpc) is 2.41. The summed E-state index contributed by atoms with van der Waals surface area (Å²) in [5.41, 5.74) is 3.28. The third-order valence-corrected chi connectivity index (χ3v) is 3.57. The van der Waals surface area contributed by atoms with Crippen LogP contribution in [0.4, 0.5) is 0 Å². The maximum atomic E-state index is 12.1. The van der Waals surface area contributed by atoms with Crippen LogP contribution in [0.1, 0.15) is 28.1 Å². The van der Waals surface area contributed by atoms with Gasteiger partial charge in [-0.05, 0) is 38.0 Å². The molecule has 0 spiro atoms. The highest BCUT2D eigenvalue weighted by molar-refractivity contribution is 5.70. The maximum absolute atomic E-state index is 12.1. The van der Waals surface area contributed by atoms with Gasteiger partial charge >= 0.3 is 11.7 Å². The first-order valence-electron chi connectivity index (χ1n) is 6.58. The zero-order valence-corrected chi connectivity index (χ0v) is 12.3. The Morgan fingerprint density at radius 3 is 2.67 bits per heavy atom. The fraction of sp³-hybridized carbons (Fsp3) is 0.333. The number of aromatic nitrogens is 3. The van der Waals surface area contributed by atoms with Crippen molar-refractivity contribution in [2.24, 2.45) is 0 Å². The molecule has 2 aromatic heterocycles. The van der Waals surface area contributed by atoms with E-state index in [2.05, 4.69) is 9.97 Å². The van der Waals surface area contributed by atoms with Crippen LogP contribution in [0, 0.1) is 20.8 Å². The molecular formula is C15H17N3O3. The molecular weight excluding hydrogens is 270 g/mol. The monoisotopic (exact) mass is 287 g/mol. The summed E-state index contributed by atoms with van der Waals surface area (Å²) in [6, 6.07) is 1.85. The van der Waals surface area contributed by atoms with Crippen molar-refractivity contribution in [2.75, 3.05) is 0 Å². The number of carboxylic acids is 1. The number of pyridine rings is 1. The highest BCUT2D eigenvalue weighted by Gasteiger charge is 2.14. The van der Waals surface area contributed by atoms with Crippen LogP contribution in [0.3, 0.4) is 0 Å². The van der Waals surface area contributed by atoms with Crippen LogP contribution in [0.25, 0.3) is 0 Å². The van der Waals surface area contributed by atoms with Gasteiger partial charge in [0.1, 0.15) is 0 Å². The van der Waals surface area contributed by atoms with Gasteiger partial charge in [-0.2, -0.15) is 4.98 Å². The van der Waals surface area contributed by atoms with Gasteiger partial charge in [-0.15, -0.1) is 0 Å². The summed E-state index contributed by atoms with van der Waals surface area (Å²) in [5.74, 6) is -0.937. The highest BCUT2D eigenvalue weighted by atomic mass is 16.4. The van der Waals surface area contributed by atoms with Crippen LogP contribution in [0.5, 0.6) is 0 Å². The van der Waals surface area contributed by atoms with Crippen LogP contribution < -0.4 is 5.69 Å². The Kier molecular flexibility index (Phi) is 4.16. The van der Waals surface area contributed by atoms with Gasteiger partial charge in [-0.25, -0.2) is 4.79 Å². The molecule has 0 atom stereocenters. The summed E-state index contributed by atoms with van der Waals surface area (Å²) in [6.45, 7) is 5.70. The molecule has 2 rings (SSSR count). The Morgan fingerprint density at radius 1 is 1.33 bits per heavy atom. The van der Waals surface area contributed by atoms with Crippen molar-refractivity contribution in [2.45, 2.75) is 33.7 Å². The van der Waals surface area contributed by atoms with Crippen molar-refractivity contribution in [3.63, 3.8) is 0 Å². The second kappa shape index (κ2) is 5.87. The zero-order chi connectivity index (χ0) is 15.6. The Morgan fingerprint density at radius 2 is 2.05 bits per heavy atom. The molecule has 0 saturated heterocycles. The van der Waals surface area contributed by atoms with Crippen molar-refractivity contribution in [3.8, 4) is 0 Å². The number of nitrogens with zero attached hydrogens (tertiary/aromatic N) is 3. The lowest BCUT2D eigenvalue weighted by Gasteiger charge is -2.15. The van der Waals surface area contributed by atoms with E-state index in [0.29, 0.717) is 23.5 Å². The molecule has 110 valence electrons. The number of aryl methyl sites for hydroxylation is 2. The molecule has 0 aliphatic carbocycles. The van der Waals surface area contributed by atoms with Gasteiger partial charge in [0.15, 0.2) is 0 Å². The molecule has 6 nitrogen and oxygen atoms in total. The van der Waals surface area contributed by atoms with Crippen molar-refractivity contribution >= 4 is 5.97 Å². The largest absolute Gasteiger partial charge is 0.481 e. The van der Waals surface area contributed by atoms with E-state index in [4.69, 9.17) is 5.11 Å². The Labute approximate surface area is 122 Å². The molecule has 0 aromatic carbocycles. The molecule has 2 aromatic rings. The quantitative estimate of drug-likeness (QED) is 0.914. The van der Waals surface area contributed by atoms with Crippen LogP contribution in [-0.4, -0.2) is 25.6 Å². The number of hydrogen-bond acceptors (Lipinski definition) is 4. The van der Waals surface area contributed by atoms with Crippen LogP contribution >= 0.6 is 0 Å². The van der Waals surface area contributed by atoms with Crippen molar-refractivity contribution in [1.29, 1.82) is 0 Å². The minimum absolute atomic E-state index is 0.139. The Balaban J connectivity index is 2.51. The molecule has 0 saturated carbocycles. The van der Waals surface area contributed by atoms with Gasteiger partial charge in [0.25, 0.3) is 0 Å². The van der Waals surface area contributed by atoms with E-state index < -0.39 is 5.97 Å². The molecule has 21 heavy (non-hydrogen) atoms. The van der Waals surface area contributed by atoms with Gasteiger partial charge in [0.05, 0.1) is 13.0 Å². The lowest BCUT2D eigenvalue weighted by Crippen LogP contribution is -2.29. The van der Waals surface area contributed by atoms with E-state index in [9.17, 15) is 9.59 Å². The predicted molar refractivity (Wildman–Crippen MR) is 77.4 cm³/mol. The van der Waals surface area contributed by atoms with E-state index in [-0.39, 0.29) is 12.1 Å². The topological polar surface area (TPSA) is 85.1 Å². The first-order valence-corrected chi connectivity index (χ1v) is 6.58. The van der Waals surface area contributed by atoms with Gasteiger partial charge < -0.3 is 5.11 Å². The number of hydrogen-bond donors (Lipinski definition) is 1. The summed E-state index contributed by atoms with van der Waals surface area (Å²) in [7, 11) is 0. The minimum Gasteiger partial charge on any atom is -0.481 e. The second-order valence-electron chi connectivity index (χ2n) is 5.00. The molecule has 0 fully saturated rings. The lowest BCUT2D eigenvalue weighted by atomic mass is 10.1. The molecule has 0 aliphatic rings. The fourth-order valence-electron chi connectivity index (χ4n) is 2.28. The zero-order valence-electron chi connectivity index (χ0n) is 12.3. The molecule has 0 aliphatic heterocycles. The normalized spacial score (nSPS) is 10.6. The van der Waals surface area contributed by atoms with Crippen LogP contribution in [-0.2, 0) is 17.8 Å². The Hall–Kier alpha value is -2.50. The molecule has 0 bridgehead atoms. The first-order chi connectivity index (χ1) is 9.90.